The van der Waals surface area contributed by atoms with Crippen LogP contribution in [-0.4, -0.2) is 0 Å². The Bertz CT molecular complexity index is 62.2. The van der Waals surface area contributed by atoms with Crippen molar-refractivity contribution >= 4 is 7.82 Å². The molecule has 0 aromatic heterocycles. The first-order valence-electron chi connectivity index (χ1n) is 0.730. The third-order valence-electron chi connectivity index (χ3n) is 0. The van der Waals surface area contributed by atoms with Crippen molar-refractivity contribution in [3.05, 3.63) is 0 Å². The maximum Gasteiger partial charge on any atom is 2.00 e. The summed E-state index contributed by atoms with van der Waals surface area (Å²) in [7, 11) is -5.39. The molecule has 8 heavy (non-hydrogen) atoms. The van der Waals surface area contributed by atoms with Gasteiger partial charge in [0, 0.05) is 0 Å². The van der Waals surface area contributed by atoms with Crippen molar-refractivity contribution in [1.82, 2.24) is 0 Å². The normalized spacial score (nSPS) is 7.38. The van der Waals surface area contributed by atoms with Crippen LogP contribution in [0.15, 0.2) is 0 Å². The van der Waals surface area contributed by atoms with Crippen molar-refractivity contribution in [2.24, 2.45) is 0 Å². The van der Waals surface area contributed by atoms with Gasteiger partial charge >= 0.3 is 35.9 Å². The number of hydrogen-bond donors (Lipinski definition) is 0. The molecule has 0 atom stereocenters. The van der Waals surface area contributed by atoms with Gasteiger partial charge in [0.05, 0.1) is 0 Å². The van der Waals surface area contributed by atoms with Crippen LogP contribution < -0.4 is 33.5 Å². The molecule has 0 radical (unpaired) electrons. The third-order valence-corrected chi connectivity index (χ3v) is 0. The van der Waals surface area contributed by atoms with E-state index in [1.165, 1.54) is 0 Å². The summed E-state index contributed by atoms with van der Waals surface area (Å²) in [6, 6.07) is 0. The Morgan fingerprint density at radius 3 is 1.12 bits per heavy atom. The van der Waals surface area contributed by atoms with Crippen molar-refractivity contribution in [3.63, 3.8) is 0 Å². The Morgan fingerprint density at radius 1 is 1.12 bits per heavy atom. The molecule has 0 N–H and O–H groups in total. The maximum absolute atomic E-state index is 8.55. The Kier molecular flexibility index (Phi) is 23.5. The SMILES string of the molecule is C.O=P([O-])([O-])[O-].[Fe+2].[Li+]. The van der Waals surface area contributed by atoms with Crippen LogP contribution in [0.5, 0.6) is 0 Å². The van der Waals surface area contributed by atoms with Crippen molar-refractivity contribution in [1.29, 1.82) is 0 Å². The molecule has 7 heteroatoms. The topological polar surface area (TPSA) is 86.2 Å². The van der Waals surface area contributed by atoms with Gasteiger partial charge in [-0.1, -0.05) is 7.43 Å². The van der Waals surface area contributed by atoms with Gasteiger partial charge in [0.15, 0.2) is 0 Å². The maximum atomic E-state index is 8.55. The fraction of sp³-hybridized carbons (Fsp3) is 1.00. The van der Waals surface area contributed by atoms with Gasteiger partial charge in [0.2, 0.25) is 0 Å². The zero-order valence-corrected chi connectivity index (χ0v) is 5.43. The summed E-state index contributed by atoms with van der Waals surface area (Å²) >= 11 is 0. The molecular formula is CH4FeLiO4P. The minimum Gasteiger partial charge on any atom is -0.822 e. The average Bonchev–Trinajstić information content (AvgIpc) is 0.722. The largest absolute Gasteiger partial charge is 2.00 e. The standard InChI is InChI=1S/CH4.Fe.Li.H3O4P/c;;;1-5(2,3)4/h1H4;;;(H3,1,2,3,4)/q;+2;+1;/p-3. The first-order chi connectivity index (χ1) is 2.00. The molecule has 46 valence electrons. The Hall–Kier alpha value is 1.23. The second-order valence-corrected chi connectivity index (χ2v) is 1.34. The predicted molar refractivity (Wildman–Crippen MR) is 14.3 cm³/mol. The fourth-order valence-electron chi connectivity index (χ4n) is 0. The van der Waals surface area contributed by atoms with Crippen LogP contribution in [0.2, 0.25) is 0 Å². The molecule has 0 rings (SSSR count). The summed E-state index contributed by atoms with van der Waals surface area (Å²) in [5, 5.41) is 0. The zero-order valence-electron chi connectivity index (χ0n) is 3.43. The summed E-state index contributed by atoms with van der Waals surface area (Å²) < 4.78 is 8.55. The van der Waals surface area contributed by atoms with Crippen molar-refractivity contribution in [3.8, 4) is 0 Å². The van der Waals surface area contributed by atoms with Crippen LogP contribution in [0.1, 0.15) is 7.43 Å². The van der Waals surface area contributed by atoms with Gasteiger partial charge < -0.3 is 19.2 Å². The molecule has 0 aromatic carbocycles. The van der Waals surface area contributed by atoms with E-state index in [1.807, 2.05) is 0 Å². The van der Waals surface area contributed by atoms with Gasteiger partial charge in [-0.3, -0.25) is 0 Å². The molecule has 0 bridgehead atoms. The van der Waals surface area contributed by atoms with Crippen molar-refractivity contribution < 1.29 is 55.2 Å². The summed E-state index contributed by atoms with van der Waals surface area (Å²) in [5.41, 5.74) is 0. The quantitative estimate of drug-likeness (QED) is 0.271. The molecule has 0 aliphatic heterocycles. The van der Waals surface area contributed by atoms with E-state index in [0.29, 0.717) is 0 Å². The molecule has 0 spiro atoms. The molecule has 4 nitrogen and oxygen atoms in total. The summed E-state index contributed by atoms with van der Waals surface area (Å²) in [4.78, 5) is 25.6. The van der Waals surface area contributed by atoms with Crippen LogP contribution in [-0.2, 0) is 21.6 Å². The molecule has 0 saturated carbocycles. The average molecular weight is 174 g/mol. The van der Waals surface area contributed by atoms with Crippen LogP contribution in [0.3, 0.4) is 0 Å². The molecule has 0 aromatic rings. The Balaban J connectivity index is -0.0000000267. The van der Waals surface area contributed by atoms with E-state index in [1.54, 1.807) is 0 Å². The molecule has 0 aliphatic rings. The Labute approximate surface area is 70.6 Å². The molecular weight excluding hydrogens is 170 g/mol. The molecule has 0 unspecified atom stereocenters. The summed E-state index contributed by atoms with van der Waals surface area (Å²) in [6.07, 6.45) is 0. The zero-order chi connectivity index (χ0) is 4.50. The minimum absolute atomic E-state index is 0. The third kappa shape index (κ3) is 186. The summed E-state index contributed by atoms with van der Waals surface area (Å²) in [6.45, 7) is 0. The van der Waals surface area contributed by atoms with E-state index >= 15 is 0 Å². The molecule has 0 amide bonds. The summed E-state index contributed by atoms with van der Waals surface area (Å²) in [5.74, 6) is 0. The van der Waals surface area contributed by atoms with Gasteiger partial charge in [0.25, 0.3) is 0 Å². The van der Waals surface area contributed by atoms with E-state index in [-0.39, 0.29) is 43.4 Å². The van der Waals surface area contributed by atoms with Gasteiger partial charge in [0.1, 0.15) is 0 Å². The molecule has 0 fully saturated rings. The first kappa shape index (κ1) is 22.9. The van der Waals surface area contributed by atoms with E-state index in [4.69, 9.17) is 19.2 Å². The van der Waals surface area contributed by atoms with Gasteiger partial charge in [-0.25, -0.2) is 0 Å². The van der Waals surface area contributed by atoms with E-state index in [9.17, 15) is 0 Å². The monoisotopic (exact) mass is 174 g/mol. The second-order valence-electron chi connectivity index (χ2n) is 0.447. The van der Waals surface area contributed by atoms with Gasteiger partial charge in [-0.05, 0) is 0 Å². The number of phosphoric acid groups is 1. The van der Waals surface area contributed by atoms with E-state index in [2.05, 4.69) is 0 Å². The number of rotatable bonds is 0. The van der Waals surface area contributed by atoms with E-state index < -0.39 is 7.82 Å². The first-order valence-corrected chi connectivity index (χ1v) is 2.19. The Morgan fingerprint density at radius 2 is 1.12 bits per heavy atom. The van der Waals surface area contributed by atoms with Crippen LogP contribution in [0, 0.1) is 0 Å². The van der Waals surface area contributed by atoms with Gasteiger partial charge in [-0.15, -0.1) is 0 Å². The predicted octanol–water partition coefficient (Wildman–Crippen LogP) is -5.19. The van der Waals surface area contributed by atoms with Crippen LogP contribution >= 0.6 is 7.82 Å². The van der Waals surface area contributed by atoms with Crippen LogP contribution in [0.25, 0.3) is 0 Å². The van der Waals surface area contributed by atoms with Crippen molar-refractivity contribution in [2.45, 2.75) is 7.43 Å². The molecule has 0 aliphatic carbocycles. The molecule has 0 saturated heterocycles. The van der Waals surface area contributed by atoms with Gasteiger partial charge in [-0.2, -0.15) is 7.82 Å². The molecule has 0 heterocycles. The fourth-order valence-corrected chi connectivity index (χ4v) is 0. The van der Waals surface area contributed by atoms with Crippen molar-refractivity contribution in [2.75, 3.05) is 0 Å². The number of hydrogen-bond acceptors (Lipinski definition) is 4. The minimum atomic E-state index is -5.39. The smallest absolute Gasteiger partial charge is 0.822 e. The van der Waals surface area contributed by atoms with Crippen LogP contribution in [0.4, 0.5) is 0 Å². The second kappa shape index (κ2) is 8.23. The van der Waals surface area contributed by atoms with E-state index in [0.717, 1.165) is 0 Å².